The number of hydrogen-bond donors (Lipinski definition) is 0. The summed E-state index contributed by atoms with van der Waals surface area (Å²) in [6, 6.07) is 7.01. The summed E-state index contributed by atoms with van der Waals surface area (Å²) in [6.45, 7) is 1.40. The molecule has 0 N–H and O–H groups in total. The van der Waals surface area contributed by atoms with E-state index in [1.54, 1.807) is 0 Å². The fraction of sp³-hybridized carbons (Fsp3) is 0.0714. The van der Waals surface area contributed by atoms with E-state index in [9.17, 15) is 9.18 Å². The number of benzene rings is 2. The van der Waals surface area contributed by atoms with Gasteiger partial charge >= 0.3 is 0 Å². The van der Waals surface area contributed by atoms with Crippen molar-refractivity contribution in [1.82, 2.24) is 0 Å². The van der Waals surface area contributed by atoms with Gasteiger partial charge in [-0.05, 0) is 37.3 Å². The summed E-state index contributed by atoms with van der Waals surface area (Å²) in [6.07, 6.45) is 0. The van der Waals surface area contributed by atoms with Gasteiger partial charge in [-0.25, -0.2) is 4.39 Å². The zero-order valence-corrected chi connectivity index (χ0v) is 12.1. The van der Waals surface area contributed by atoms with Crippen molar-refractivity contribution in [2.24, 2.45) is 0 Å². The molecule has 0 bridgehead atoms. The van der Waals surface area contributed by atoms with Crippen LogP contribution in [0.3, 0.4) is 0 Å². The molecule has 0 unspecified atom stereocenters. The van der Waals surface area contributed by atoms with Crippen molar-refractivity contribution in [2.75, 3.05) is 0 Å². The summed E-state index contributed by atoms with van der Waals surface area (Å²) in [7, 11) is 0. The monoisotopic (exact) mass is 316 g/mol. The Morgan fingerprint density at radius 3 is 2.16 bits per heavy atom. The summed E-state index contributed by atoms with van der Waals surface area (Å²) >= 11 is 17.9. The minimum atomic E-state index is -0.504. The predicted molar refractivity (Wildman–Crippen MR) is 76.9 cm³/mol. The molecular weight excluding hydrogens is 310 g/mol. The van der Waals surface area contributed by atoms with Gasteiger partial charge in [0.1, 0.15) is 5.82 Å². The molecule has 98 valence electrons. The van der Waals surface area contributed by atoms with Crippen molar-refractivity contribution in [1.29, 1.82) is 0 Å². The maximum Gasteiger partial charge on any atom is 0.159 e. The topological polar surface area (TPSA) is 17.1 Å². The number of carbonyl (C=O) groups is 1. The average Bonchev–Trinajstić information content (AvgIpc) is 2.29. The van der Waals surface area contributed by atoms with Crippen LogP contribution in [0.15, 0.2) is 30.3 Å². The van der Waals surface area contributed by atoms with E-state index in [1.165, 1.54) is 37.3 Å². The molecule has 0 aliphatic heterocycles. The highest BCUT2D eigenvalue weighted by Crippen LogP contribution is 2.38. The van der Waals surface area contributed by atoms with Crippen LogP contribution in [0, 0.1) is 5.82 Å². The van der Waals surface area contributed by atoms with Gasteiger partial charge in [0.15, 0.2) is 5.78 Å². The van der Waals surface area contributed by atoms with Crippen LogP contribution in [-0.2, 0) is 0 Å². The second kappa shape index (κ2) is 5.49. The number of carbonyl (C=O) groups excluding carboxylic acids is 1. The number of Topliss-reactive ketones (excluding diaryl/α,β-unsaturated/α-hetero) is 1. The number of hydrogen-bond acceptors (Lipinski definition) is 1. The van der Waals surface area contributed by atoms with E-state index in [4.69, 9.17) is 34.8 Å². The van der Waals surface area contributed by atoms with Crippen molar-refractivity contribution in [3.63, 3.8) is 0 Å². The van der Waals surface area contributed by atoms with Gasteiger partial charge < -0.3 is 0 Å². The third-order valence-electron chi connectivity index (χ3n) is 2.65. The Kier molecular flexibility index (Phi) is 4.14. The minimum Gasteiger partial charge on any atom is -0.295 e. The highest BCUT2D eigenvalue weighted by Gasteiger charge is 2.15. The normalized spacial score (nSPS) is 10.6. The Hall–Kier alpha value is -1.09. The third-order valence-corrected chi connectivity index (χ3v) is 3.46. The van der Waals surface area contributed by atoms with Gasteiger partial charge in [-0.1, -0.05) is 34.8 Å². The summed E-state index contributed by atoms with van der Waals surface area (Å²) < 4.78 is 13.9. The van der Waals surface area contributed by atoms with E-state index in [0.29, 0.717) is 16.1 Å². The molecule has 0 spiro atoms. The van der Waals surface area contributed by atoms with Gasteiger partial charge in [0, 0.05) is 21.7 Å². The largest absolute Gasteiger partial charge is 0.295 e. The SMILES string of the molecule is CC(=O)c1ccc(F)c(-c2c(Cl)cc(Cl)cc2Cl)c1. The Morgan fingerprint density at radius 2 is 1.63 bits per heavy atom. The molecule has 0 radical (unpaired) electrons. The lowest BCUT2D eigenvalue weighted by molar-refractivity contribution is 0.101. The Bertz CT molecular complexity index is 645. The number of rotatable bonds is 2. The van der Waals surface area contributed by atoms with Gasteiger partial charge in [-0.15, -0.1) is 0 Å². The molecule has 2 aromatic rings. The Labute approximate surface area is 124 Å². The fourth-order valence-corrected chi connectivity index (χ4v) is 2.76. The predicted octanol–water partition coefficient (Wildman–Crippen LogP) is 5.66. The van der Waals surface area contributed by atoms with Gasteiger partial charge in [0.2, 0.25) is 0 Å². The molecule has 2 aromatic carbocycles. The summed E-state index contributed by atoms with van der Waals surface area (Å²) in [4.78, 5) is 11.4. The second-order valence-corrected chi connectivity index (χ2v) is 5.25. The van der Waals surface area contributed by atoms with Crippen molar-refractivity contribution < 1.29 is 9.18 Å². The fourth-order valence-electron chi connectivity index (χ4n) is 1.74. The van der Waals surface area contributed by atoms with Gasteiger partial charge in [0.05, 0.1) is 10.0 Å². The van der Waals surface area contributed by atoms with E-state index >= 15 is 0 Å². The van der Waals surface area contributed by atoms with E-state index in [-0.39, 0.29) is 21.4 Å². The van der Waals surface area contributed by atoms with Crippen LogP contribution in [0.1, 0.15) is 17.3 Å². The van der Waals surface area contributed by atoms with E-state index in [1.807, 2.05) is 0 Å². The quantitative estimate of drug-likeness (QED) is 0.654. The Morgan fingerprint density at radius 1 is 1.05 bits per heavy atom. The number of ketones is 1. The zero-order valence-electron chi connectivity index (χ0n) is 9.81. The maximum absolute atomic E-state index is 13.9. The lowest BCUT2D eigenvalue weighted by Crippen LogP contribution is -1.95. The zero-order chi connectivity index (χ0) is 14.2. The molecule has 0 aromatic heterocycles. The van der Waals surface area contributed by atoms with Gasteiger partial charge in [-0.2, -0.15) is 0 Å². The first kappa shape index (κ1) is 14.3. The molecule has 19 heavy (non-hydrogen) atoms. The number of halogens is 4. The smallest absolute Gasteiger partial charge is 0.159 e. The summed E-state index contributed by atoms with van der Waals surface area (Å²) in [5.74, 6) is -0.668. The molecule has 0 atom stereocenters. The first-order valence-electron chi connectivity index (χ1n) is 5.35. The molecular formula is C14H8Cl3FO. The van der Waals surface area contributed by atoms with Crippen molar-refractivity contribution in [2.45, 2.75) is 6.92 Å². The minimum absolute atomic E-state index is 0.164. The van der Waals surface area contributed by atoms with Crippen LogP contribution in [0.2, 0.25) is 15.1 Å². The van der Waals surface area contributed by atoms with Crippen molar-refractivity contribution in [3.8, 4) is 11.1 Å². The highest BCUT2D eigenvalue weighted by atomic mass is 35.5. The van der Waals surface area contributed by atoms with E-state index in [0.717, 1.165) is 0 Å². The molecule has 0 aliphatic carbocycles. The van der Waals surface area contributed by atoms with Crippen LogP contribution in [0.4, 0.5) is 4.39 Å². The average molecular weight is 318 g/mol. The van der Waals surface area contributed by atoms with Gasteiger partial charge in [-0.3, -0.25) is 4.79 Å². The lowest BCUT2D eigenvalue weighted by Gasteiger charge is -2.10. The highest BCUT2D eigenvalue weighted by molar-refractivity contribution is 6.41. The summed E-state index contributed by atoms with van der Waals surface area (Å²) in [5, 5.41) is 0.830. The molecule has 2 rings (SSSR count). The van der Waals surface area contributed by atoms with Crippen LogP contribution < -0.4 is 0 Å². The molecule has 0 saturated heterocycles. The summed E-state index contributed by atoms with van der Waals surface area (Å²) in [5.41, 5.74) is 0.895. The second-order valence-electron chi connectivity index (χ2n) is 4.00. The maximum atomic E-state index is 13.9. The lowest BCUT2D eigenvalue weighted by atomic mass is 10.0. The first-order valence-corrected chi connectivity index (χ1v) is 6.49. The molecule has 5 heteroatoms. The van der Waals surface area contributed by atoms with Crippen molar-refractivity contribution >= 4 is 40.6 Å². The molecule has 0 fully saturated rings. The third kappa shape index (κ3) is 2.92. The Balaban J connectivity index is 2.71. The van der Waals surface area contributed by atoms with Crippen LogP contribution >= 0.6 is 34.8 Å². The van der Waals surface area contributed by atoms with Crippen LogP contribution in [0.25, 0.3) is 11.1 Å². The van der Waals surface area contributed by atoms with Gasteiger partial charge in [0.25, 0.3) is 0 Å². The van der Waals surface area contributed by atoms with E-state index < -0.39 is 5.82 Å². The van der Waals surface area contributed by atoms with E-state index in [2.05, 4.69) is 0 Å². The molecule has 0 saturated carbocycles. The van der Waals surface area contributed by atoms with Crippen LogP contribution in [-0.4, -0.2) is 5.78 Å². The standard InChI is InChI=1S/C14H8Cl3FO/c1-7(19)8-2-3-13(18)10(4-8)14-11(16)5-9(15)6-12(14)17/h2-6H,1H3. The molecule has 0 aliphatic rings. The van der Waals surface area contributed by atoms with Crippen molar-refractivity contribution in [3.05, 3.63) is 56.8 Å². The van der Waals surface area contributed by atoms with Crippen LogP contribution in [0.5, 0.6) is 0 Å². The first-order chi connectivity index (χ1) is 8.90. The molecule has 1 nitrogen and oxygen atoms in total. The molecule has 0 heterocycles. The molecule has 0 amide bonds.